The third-order valence-corrected chi connectivity index (χ3v) is 5.73. The number of anilines is 1. The summed E-state index contributed by atoms with van der Waals surface area (Å²) in [6, 6.07) is 10.7. The first-order chi connectivity index (χ1) is 16.4. The molecule has 0 amide bonds. The number of fused-ring (bicyclic) bond motifs is 1. The first kappa shape index (κ1) is 23.2. The Morgan fingerprint density at radius 1 is 1.21 bits per heavy atom. The fraction of sp³-hybridized carbons (Fsp3) is 0.333. The van der Waals surface area contributed by atoms with Crippen molar-refractivity contribution in [1.29, 1.82) is 0 Å². The van der Waals surface area contributed by atoms with E-state index in [1.54, 1.807) is 50.7 Å². The average molecular weight is 466 g/mol. The Morgan fingerprint density at radius 2 is 2.00 bits per heavy atom. The molecule has 178 valence electrons. The van der Waals surface area contributed by atoms with Crippen molar-refractivity contribution < 1.29 is 14.6 Å². The van der Waals surface area contributed by atoms with Crippen LogP contribution in [0.1, 0.15) is 17.7 Å². The topological polar surface area (TPSA) is 134 Å². The molecule has 4 rings (SSSR count). The molecule has 10 heteroatoms. The molecule has 3 aromatic rings. The van der Waals surface area contributed by atoms with E-state index in [0.29, 0.717) is 47.9 Å². The minimum absolute atomic E-state index is 0.116. The van der Waals surface area contributed by atoms with E-state index in [0.717, 1.165) is 10.3 Å². The minimum Gasteiger partial charge on any atom is -0.497 e. The van der Waals surface area contributed by atoms with Crippen molar-refractivity contribution in [2.45, 2.75) is 25.8 Å². The molecule has 2 aromatic heterocycles. The number of aliphatic hydroxyl groups is 1. The van der Waals surface area contributed by atoms with Gasteiger partial charge in [-0.3, -0.25) is 18.9 Å². The number of rotatable bonds is 7. The number of hydrogen-bond donors (Lipinski definition) is 2. The number of ether oxygens (including phenoxy) is 2. The predicted octanol–water partition coefficient (Wildman–Crippen LogP) is 1.44. The van der Waals surface area contributed by atoms with Crippen molar-refractivity contribution >= 4 is 17.4 Å². The van der Waals surface area contributed by atoms with Crippen LogP contribution in [-0.4, -0.2) is 38.8 Å². The SMILES string of the molecule is COc1cccc(OC2=Nc3c(c(=O)n(CCCO)c(=O)n3C)CC2Cc2ccc(N)cn2)c1. The molecule has 0 saturated heterocycles. The highest BCUT2D eigenvalue weighted by atomic mass is 16.5. The van der Waals surface area contributed by atoms with Crippen LogP contribution >= 0.6 is 0 Å². The van der Waals surface area contributed by atoms with Gasteiger partial charge in [0.2, 0.25) is 5.90 Å². The minimum atomic E-state index is -0.486. The van der Waals surface area contributed by atoms with Crippen molar-refractivity contribution in [3.05, 3.63) is 74.7 Å². The van der Waals surface area contributed by atoms with E-state index in [1.807, 2.05) is 6.07 Å². The van der Waals surface area contributed by atoms with Crippen LogP contribution in [0.2, 0.25) is 0 Å². The van der Waals surface area contributed by atoms with E-state index in [9.17, 15) is 9.59 Å². The lowest BCUT2D eigenvalue weighted by Crippen LogP contribution is -2.43. The number of pyridine rings is 1. The lowest BCUT2D eigenvalue weighted by molar-refractivity contribution is 0.277. The van der Waals surface area contributed by atoms with Gasteiger partial charge in [-0.05, 0) is 37.1 Å². The van der Waals surface area contributed by atoms with E-state index < -0.39 is 11.2 Å². The number of hydrogen-bond acceptors (Lipinski definition) is 8. The molecule has 0 spiro atoms. The maximum Gasteiger partial charge on any atom is 0.332 e. The normalized spacial score (nSPS) is 14.9. The first-order valence-electron chi connectivity index (χ1n) is 11.0. The maximum absolute atomic E-state index is 13.2. The number of nitrogens with zero attached hydrogens (tertiary/aromatic N) is 4. The number of methoxy groups -OCH3 is 1. The number of aliphatic hydroxyl groups excluding tert-OH is 1. The van der Waals surface area contributed by atoms with Gasteiger partial charge in [-0.1, -0.05) is 6.07 Å². The zero-order valence-electron chi connectivity index (χ0n) is 19.1. The highest BCUT2D eigenvalue weighted by molar-refractivity contribution is 5.86. The molecule has 1 unspecified atom stereocenters. The van der Waals surface area contributed by atoms with Crippen molar-refractivity contribution in [3.63, 3.8) is 0 Å². The maximum atomic E-state index is 13.2. The summed E-state index contributed by atoms with van der Waals surface area (Å²) in [5.74, 6) is 1.51. The van der Waals surface area contributed by atoms with Crippen LogP contribution < -0.4 is 26.5 Å². The van der Waals surface area contributed by atoms with E-state index >= 15 is 0 Å². The van der Waals surface area contributed by atoms with Gasteiger partial charge in [-0.25, -0.2) is 4.79 Å². The van der Waals surface area contributed by atoms with Crippen molar-refractivity contribution in [2.24, 2.45) is 18.0 Å². The Kier molecular flexibility index (Phi) is 6.78. The molecule has 3 N–H and O–H groups in total. The molecule has 0 fully saturated rings. The second-order valence-corrected chi connectivity index (χ2v) is 8.10. The van der Waals surface area contributed by atoms with Crippen LogP contribution in [0, 0.1) is 5.92 Å². The Hall–Kier alpha value is -3.92. The Morgan fingerprint density at radius 3 is 2.71 bits per heavy atom. The van der Waals surface area contributed by atoms with Gasteiger partial charge in [0.05, 0.1) is 24.6 Å². The third-order valence-electron chi connectivity index (χ3n) is 5.73. The summed E-state index contributed by atoms with van der Waals surface area (Å²) in [7, 11) is 3.14. The number of aromatic nitrogens is 3. The molecule has 3 heterocycles. The van der Waals surface area contributed by atoms with Crippen molar-refractivity contribution in [2.75, 3.05) is 19.5 Å². The first-order valence-corrected chi connectivity index (χ1v) is 11.0. The van der Waals surface area contributed by atoms with Crippen molar-refractivity contribution in [3.8, 4) is 11.5 Å². The Balaban J connectivity index is 1.79. The molecule has 0 saturated carbocycles. The van der Waals surface area contributed by atoms with E-state index in [2.05, 4.69) is 9.98 Å². The highest BCUT2D eigenvalue weighted by Crippen LogP contribution is 2.29. The smallest absolute Gasteiger partial charge is 0.332 e. The second kappa shape index (κ2) is 9.92. The molecule has 0 aliphatic carbocycles. The Bertz CT molecular complexity index is 1330. The van der Waals surface area contributed by atoms with Gasteiger partial charge in [0.25, 0.3) is 5.56 Å². The molecule has 1 aliphatic rings. The van der Waals surface area contributed by atoms with Crippen LogP contribution in [0.3, 0.4) is 0 Å². The van der Waals surface area contributed by atoms with Gasteiger partial charge in [-0.2, -0.15) is 4.99 Å². The van der Waals surface area contributed by atoms with Gasteiger partial charge in [0.1, 0.15) is 17.3 Å². The molecule has 1 aromatic carbocycles. The summed E-state index contributed by atoms with van der Waals surface area (Å²) in [6.07, 6.45) is 2.66. The average Bonchev–Trinajstić information content (AvgIpc) is 2.85. The third kappa shape index (κ3) is 4.72. The zero-order valence-corrected chi connectivity index (χ0v) is 19.1. The number of benzene rings is 1. The molecular weight excluding hydrogens is 438 g/mol. The summed E-state index contributed by atoms with van der Waals surface area (Å²) in [4.78, 5) is 35.0. The summed E-state index contributed by atoms with van der Waals surface area (Å²) in [6.45, 7) is 0.0190. The highest BCUT2D eigenvalue weighted by Gasteiger charge is 2.31. The molecule has 10 nitrogen and oxygen atoms in total. The van der Waals surface area contributed by atoms with E-state index in [4.69, 9.17) is 20.3 Å². The van der Waals surface area contributed by atoms with Crippen LogP contribution in [0.5, 0.6) is 11.5 Å². The van der Waals surface area contributed by atoms with Gasteiger partial charge in [0, 0.05) is 44.3 Å². The Labute approximate surface area is 195 Å². The van der Waals surface area contributed by atoms with Gasteiger partial charge >= 0.3 is 5.69 Å². The van der Waals surface area contributed by atoms with Crippen LogP contribution in [0.25, 0.3) is 0 Å². The number of nitrogen functional groups attached to an aromatic ring is 1. The molecule has 0 radical (unpaired) electrons. The summed E-state index contributed by atoms with van der Waals surface area (Å²) < 4.78 is 13.9. The van der Waals surface area contributed by atoms with Gasteiger partial charge in [0.15, 0.2) is 0 Å². The molecule has 1 aliphatic heterocycles. The van der Waals surface area contributed by atoms with Gasteiger partial charge < -0.3 is 20.3 Å². The molecule has 34 heavy (non-hydrogen) atoms. The van der Waals surface area contributed by atoms with Gasteiger partial charge in [-0.15, -0.1) is 0 Å². The van der Waals surface area contributed by atoms with Crippen LogP contribution in [0.15, 0.2) is 57.2 Å². The lowest BCUT2D eigenvalue weighted by Gasteiger charge is -2.26. The van der Waals surface area contributed by atoms with E-state index in [1.165, 1.54) is 4.57 Å². The lowest BCUT2D eigenvalue weighted by atomic mass is 9.92. The largest absolute Gasteiger partial charge is 0.497 e. The molecule has 1 atom stereocenters. The van der Waals surface area contributed by atoms with E-state index in [-0.39, 0.29) is 24.9 Å². The van der Waals surface area contributed by atoms with Crippen molar-refractivity contribution in [1.82, 2.24) is 14.1 Å². The fourth-order valence-corrected chi connectivity index (χ4v) is 3.96. The van der Waals surface area contributed by atoms with Crippen LogP contribution in [0.4, 0.5) is 11.5 Å². The number of nitrogens with two attached hydrogens (primary N) is 1. The predicted molar refractivity (Wildman–Crippen MR) is 128 cm³/mol. The van der Waals surface area contributed by atoms with Crippen LogP contribution in [-0.2, 0) is 26.4 Å². The standard InChI is InChI=1S/C24H27N5O5/c1-28-21-20(23(31)29(24(28)32)9-4-10-30)12-15(11-17-8-7-16(25)14-26-17)22(27-21)34-19-6-3-5-18(13-19)33-2/h3,5-8,13-15,30H,4,9-12,25H2,1-2H3. The summed E-state index contributed by atoms with van der Waals surface area (Å²) >= 11 is 0. The zero-order chi connectivity index (χ0) is 24.2. The molecular formula is C24H27N5O5. The number of aliphatic imine (C=N–C) groups is 1. The summed E-state index contributed by atoms with van der Waals surface area (Å²) in [5.41, 5.74) is 6.65. The fourth-order valence-electron chi connectivity index (χ4n) is 3.96. The molecule has 0 bridgehead atoms. The quantitative estimate of drug-likeness (QED) is 0.539. The monoisotopic (exact) mass is 465 g/mol. The summed E-state index contributed by atoms with van der Waals surface area (Å²) in [5, 5.41) is 9.17. The second-order valence-electron chi connectivity index (χ2n) is 8.10.